The number of ether oxygens (including phenoxy) is 2. The highest BCUT2D eigenvalue weighted by Gasteiger charge is 2.39. The van der Waals surface area contributed by atoms with E-state index in [0.29, 0.717) is 22.7 Å². The van der Waals surface area contributed by atoms with Gasteiger partial charge in [0.15, 0.2) is 11.5 Å². The van der Waals surface area contributed by atoms with Gasteiger partial charge in [-0.15, -0.1) is 0 Å². The highest BCUT2D eigenvalue weighted by molar-refractivity contribution is 6.03. The molecule has 3 aromatic carbocycles. The van der Waals surface area contributed by atoms with E-state index >= 15 is 0 Å². The summed E-state index contributed by atoms with van der Waals surface area (Å²) >= 11 is 0. The molecule has 1 heterocycles. The molecular weight excluding hydrogens is 475 g/mol. The number of fused-ring (bicyclic) bond motifs is 1. The van der Waals surface area contributed by atoms with Crippen molar-refractivity contribution in [2.45, 2.75) is 50.3 Å². The largest absolute Gasteiger partial charge is 0.508 e. The second-order valence-electron chi connectivity index (χ2n) is 9.39. The van der Waals surface area contributed by atoms with Gasteiger partial charge in [-0.05, 0) is 66.9 Å². The number of halogens is 1. The first-order valence-corrected chi connectivity index (χ1v) is 12.6. The number of amides is 2. The van der Waals surface area contributed by atoms with Crippen molar-refractivity contribution in [1.29, 1.82) is 0 Å². The van der Waals surface area contributed by atoms with Crippen LogP contribution in [0.4, 0.5) is 10.1 Å². The summed E-state index contributed by atoms with van der Waals surface area (Å²) in [5, 5.41) is 13.0. The van der Waals surface area contributed by atoms with Gasteiger partial charge >= 0.3 is 0 Å². The molecule has 37 heavy (non-hydrogen) atoms. The van der Waals surface area contributed by atoms with Crippen LogP contribution in [0.1, 0.15) is 43.7 Å². The maximum Gasteiger partial charge on any atom is 0.272 e. The Balaban J connectivity index is 1.54. The van der Waals surface area contributed by atoms with Gasteiger partial charge in [0.1, 0.15) is 24.2 Å². The van der Waals surface area contributed by atoms with Crippen LogP contribution in [0.3, 0.4) is 0 Å². The molecule has 0 radical (unpaired) electrons. The summed E-state index contributed by atoms with van der Waals surface area (Å²) in [5.74, 6) is -0.319. The zero-order valence-corrected chi connectivity index (χ0v) is 20.3. The SMILES string of the molecule is O=C(NC1CCCCC1)[C@@H](c1ccc(O)cc1)N(C(=O)[C@@H]1COc2ccccc2O1)c1ccc(F)cc1. The molecule has 7 nitrogen and oxygen atoms in total. The number of benzene rings is 3. The fourth-order valence-electron chi connectivity index (χ4n) is 4.90. The molecule has 0 saturated heterocycles. The van der Waals surface area contributed by atoms with Gasteiger partial charge in [-0.1, -0.05) is 43.5 Å². The number of nitrogens with one attached hydrogen (secondary N) is 1. The molecule has 2 atom stereocenters. The van der Waals surface area contributed by atoms with Gasteiger partial charge in [0, 0.05) is 11.7 Å². The number of hydrogen-bond acceptors (Lipinski definition) is 5. The molecule has 0 spiro atoms. The van der Waals surface area contributed by atoms with E-state index in [0.717, 1.165) is 32.1 Å². The van der Waals surface area contributed by atoms with Crippen molar-refractivity contribution in [2.24, 2.45) is 0 Å². The average molecular weight is 505 g/mol. The highest BCUT2D eigenvalue weighted by atomic mass is 19.1. The topological polar surface area (TPSA) is 88.1 Å². The van der Waals surface area contributed by atoms with Gasteiger partial charge in [0.05, 0.1) is 0 Å². The summed E-state index contributed by atoms with van der Waals surface area (Å²) in [6.45, 7) is -0.0416. The Hall–Kier alpha value is -4.07. The molecule has 2 N–H and O–H groups in total. The number of anilines is 1. The Labute approximate surface area is 214 Å². The van der Waals surface area contributed by atoms with Crippen molar-refractivity contribution in [3.05, 3.63) is 84.2 Å². The van der Waals surface area contributed by atoms with Crippen LogP contribution in [0, 0.1) is 5.82 Å². The van der Waals surface area contributed by atoms with Gasteiger partial charge in [-0.2, -0.15) is 0 Å². The molecule has 8 heteroatoms. The molecule has 5 rings (SSSR count). The third-order valence-corrected chi connectivity index (χ3v) is 6.79. The maximum absolute atomic E-state index is 14.1. The van der Waals surface area contributed by atoms with Crippen LogP contribution >= 0.6 is 0 Å². The highest BCUT2D eigenvalue weighted by Crippen LogP contribution is 2.35. The molecular formula is C29H29FN2O5. The van der Waals surface area contributed by atoms with Crippen LogP contribution in [0.25, 0.3) is 0 Å². The Morgan fingerprint density at radius 3 is 2.30 bits per heavy atom. The van der Waals surface area contributed by atoms with Crippen LogP contribution in [0.2, 0.25) is 0 Å². The Morgan fingerprint density at radius 1 is 0.919 bits per heavy atom. The van der Waals surface area contributed by atoms with E-state index in [4.69, 9.17) is 9.47 Å². The maximum atomic E-state index is 14.1. The number of phenolic OH excluding ortho intramolecular Hbond substituents is 1. The van der Waals surface area contributed by atoms with E-state index in [9.17, 15) is 19.1 Å². The minimum atomic E-state index is -1.08. The lowest BCUT2D eigenvalue weighted by molar-refractivity contribution is -0.132. The first-order valence-electron chi connectivity index (χ1n) is 12.6. The predicted octanol–water partition coefficient (Wildman–Crippen LogP) is 4.89. The van der Waals surface area contributed by atoms with E-state index in [2.05, 4.69) is 5.32 Å². The number of para-hydroxylation sites is 2. The standard InChI is InChI=1S/C29H29FN2O5/c30-20-12-14-22(15-13-20)32(29(35)26-18-36-24-8-4-5-9-25(24)37-26)27(19-10-16-23(33)17-11-19)28(34)31-21-6-2-1-3-7-21/h4-5,8-17,21,26-27,33H,1-3,6-7,18H2,(H,31,34)/t26-,27+/m0/s1. The first kappa shape index (κ1) is 24.6. The summed E-state index contributed by atoms with van der Waals surface area (Å²) in [6, 6.07) is 17.6. The molecule has 0 unspecified atom stereocenters. The predicted molar refractivity (Wildman–Crippen MR) is 136 cm³/mol. The van der Waals surface area contributed by atoms with Gasteiger partial charge in [-0.25, -0.2) is 4.39 Å². The van der Waals surface area contributed by atoms with Gasteiger partial charge in [-0.3, -0.25) is 14.5 Å². The van der Waals surface area contributed by atoms with Crippen molar-refractivity contribution in [3.8, 4) is 17.2 Å². The fraction of sp³-hybridized carbons (Fsp3) is 0.310. The third-order valence-electron chi connectivity index (χ3n) is 6.79. The average Bonchev–Trinajstić information content (AvgIpc) is 2.93. The minimum absolute atomic E-state index is 0.00664. The molecule has 1 saturated carbocycles. The summed E-state index contributed by atoms with van der Waals surface area (Å²) in [5.41, 5.74) is 0.839. The van der Waals surface area contributed by atoms with Crippen LogP contribution in [-0.2, 0) is 9.59 Å². The molecule has 192 valence electrons. The number of rotatable bonds is 6. The number of hydrogen-bond donors (Lipinski definition) is 2. The van der Waals surface area contributed by atoms with Crippen molar-refractivity contribution in [1.82, 2.24) is 5.32 Å². The number of nitrogens with zero attached hydrogens (tertiary/aromatic N) is 1. The monoisotopic (exact) mass is 504 g/mol. The quantitative estimate of drug-likeness (QED) is 0.499. The van der Waals surface area contributed by atoms with Crippen LogP contribution in [0.15, 0.2) is 72.8 Å². The van der Waals surface area contributed by atoms with Gasteiger partial charge in [0.2, 0.25) is 12.0 Å². The normalized spacial score (nSPS) is 18.0. The van der Waals surface area contributed by atoms with Crippen molar-refractivity contribution < 1.29 is 28.6 Å². The zero-order valence-electron chi connectivity index (χ0n) is 20.3. The van der Waals surface area contributed by atoms with Crippen LogP contribution in [0.5, 0.6) is 17.2 Å². The van der Waals surface area contributed by atoms with E-state index in [1.165, 1.54) is 41.3 Å². The Morgan fingerprint density at radius 2 is 1.59 bits per heavy atom. The van der Waals surface area contributed by atoms with Crippen LogP contribution in [-0.4, -0.2) is 35.7 Å². The van der Waals surface area contributed by atoms with E-state index < -0.39 is 23.9 Å². The smallest absolute Gasteiger partial charge is 0.272 e. The molecule has 2 amide bonds. The Bertz CT molecular complexity index is 1240. The lowest BCUT2D eigenvalue weighted by atomic mass is 9.94. The van der Waals surface area contributed by atoms with E-state index in [1.807, 2.05) is 6.07 Å². The third kappa shape index (κ3) is 5.53. The molecule has 3 aromatic rings. The molecule has 0 aromatic heterocycles. The van der Waals surface area contributed by atoms with E-state index in [1.54, 1.807) is 30.3 Å². The van der Waals surface area contributed by atoms with Gasteiger partial charge in [0.25, 0.3) is 5.91 Å². The summed E-state index contributed by atoms with van der Waals surface area (Å²) in [7, 11) is 0. The number of phenols is 1. The summed E-state index contributed by atoms with van der Waals surface area (Å²) in [4.78, 5) is 29.3. The molecule has 2 aliphatic rings. The zero-order chi connectivity index (χ0) is 25.8. The van der Waals surface area contributed by atoms with Crippen molar-refractivity contribution >= 4 is 17.5 Å². The molecule has 1 aliphatic carbocycles. The number of carbonyl (C=O) groups excluding carboxylic acids is 2. The fourth-order valence-corrected chi connectivity index (χ4v) is 4.90. The molecule has 0 bridgehead atoms. The molecule has 1 aliphatic heterocycles. The minimum Gasteiger partial charge on any atom is -0.508 e. The van der Waals surface area contributed by atoms with Gasteiger partial charge < -0.3 is 19.9 Å². The first-order chi connectivity index (χ1) is 18.0. The van der Waals surface area contributed by atoms with Crippen molar-refractivity contribution in [2.75, 3.05) is 11.5 Å². The lowest BCUT2D eigenvalue weighted by Gasteiger charge is -2.36. The Kier molecular flexibility index (Phi) is 7.25. The van der Waals surface area contributed by atoms with E-state index in [-0.39, 0.29) is 24.3 Å². The number of aromatic hydroxyl groups is 1. The second-order valence-corrected chi connectivity index (χ2v) is 9.39. The summed E-state index contributed by atoms with van der Waals surface area (Å²) < 4.78 is 25.6. The van der Waals surface area contributed by atoms with Crippen molar-refractivity contribution in [3.63, 3.8) is 0 Å². The van der Waals surface area contributed by atoms with Crippen LogP contribution < -0.4 is 19.7 Å². The second kappa shape index (κ2) is 10.9. The number of carbonyl (C=O) groups is 2. The molecule has 1 fully saturated rings. The lowest BCUT2D eigenvalue weighted by Crippen LogP contribution is -2.52. The summed E-state index contributed by atoms with van der Waals surface area (Å²) in [6.07, 6.45) is 3.91.